The number of carbonyl (C=O) groups excluding carboxylic acids is 1. The molecule has 0 aromatic carbocycles. The molecule has 2 atom stereocenters. The molecule has 1 amide bonds. The molecule has 3 rings (SSSR count). The molecule has 28 heavy (non-hydrogen) atoms. The van der Waals surface area contributed by atoms with Crippen molar-refractivity contribution in [2.75, 3.05) is 26.2 Å². The minimum absolute atomic E-state index is 0.0645. The highest BCUT2D eigenvalue weighted by Crippen LogP contribution is 2.50. The van der Waals surface area contributed by atoms with Crippen molar-refractivity contribution in [2.24, 2.45) is 22.7 Å². The number of piperidine rings is 1. The zero-order valence-electron chi connectivity index (χ0n) is 18.8. The van der Waals surface area contributed by atoms with E-state index in [1.807, 2.05) is 0 Å². The molecule has 0 aromatic rings. The van der Waals surface area contributed by atoms with Gasteiger partial charge >= 0.3 is 0 Å². The Morgan fingerprint density at radius 2 is 1.75 bits per heavy atom. The van der Waals surface area contributed by atoms with Crippen LogP contribution in [0.3, 0.4) is 0 Å². The monoisotopic (exact) mass is 394 g/mol. The van der Waals surface area contributed by atoms with E-state index in [-0.39, 0.29) is 17.9 Å². The van der Waals surface area contributed by atoms with Crippen molar-refractivity contribution in [1.29, 1.82) is 0 Å². The number of hydrogen-bond donors (Lipinski definition) is 1. The lowest BCUT2D eigenvalue weighted by Gasteiger charge is -2.45. The fourth-order valence-corrected chi connectivity index (χ4v) is 5.95. The van der Waals surface area contributed by atoms with Gasteiger partial charge in [-0.1, -0.05) is 47.0 Å². The number of alkyl halides is 1. The largest absolute Gasteiger partial charge is 0.353 e. The first-order valence-corrected chi connectivity index (χ1v) is 11.7. The maximum atomic E-state index is 15.2. The van der Waals surface area contributed by atoms with Crippen molar-refractivity contribution in [2.45, 2.75) is 97.6 Å². The van der Waals surface area contributed by atoms with E-state index in [2.05, 4.69) is 37.9 Å². The molecule has 1 saturated heterocycles. The molecule has 1 N–H and O–H groups in total. The number of rotatable bonds is 6. The topological polar surface area (TPSA) is 32.3 Å². The van der Waals surface area contributed by atoms with Crippen LogP contribution in [-0.2, 0) is 4.79 Å². The van der Waals surface area contributed by atoms with Crippen molar-refractivity contribution in [1.82, 2.24) is 10.2 Å². The van der Waals surface area contributed by atoms with Gasteiger partial charge in [0, 0.05) is 19.5 Å². The number of fused-ring (bicyclic) bond motifs is 2. The van der Waals surface area contributed by atoms with Crippen LogP contribution >= 0.6 is 0 Å². The van der Waals surface area contributed by atoms with Gasteiger partial charge in [0.1, 0.15) is 5.67 Å². The van der Waals surface area contributed by atoms with Gasteiger partial charge in [-0.3, -0.25) is 4.79 Å². The lowest BCUT2D eigenvalue weighted by atomic mass is 9.60. The molecule has 4 heteroatoms. The highest BCUT2D eigenvalue weighted by molar-refractivity contribution is 5.76. The molecule has 3 nitrogen and oxygen atoms in total. The van der Waals surface area contributed by atoms with E-state index in [0.29, 0.717) is 24.7 Å². The Bertz CT molecular complexity index is 521. The first-order chi connectivity index (χ1) is 13.0. The highest BCUT2D eigenvalue weighted by Gasteiger charge is 2.41. The van der Waals surface area contributed by atoms with Crippen LogP contribution < -0.4 is 5.32 Å². The third-order valence-electron chi connectivity index (χ3n) is 7.57. The molecule has 2 unspecified atom stereocenters. The number of likely N-dealkylation sites (tertiary alicyclic amines) is 1. The molecule has 0 radical (unpaired) electrons. The van der Waals surface area contributed by atoms with Crippen LogP contribution in [0.1, 0.15) is 91.9 Å². The molecular weight excluding hydrogens is 351 g/mol. The molecule has 3 aliphatic rings. The maximum Gasteiger partial charge on any atom is 0.220 e. The normalized spacial score (nSPS) is 33.5. The number of nitrogens with zero attached hydrogens (tertiary/aromatic N) is 1. The highest BCUT2D eigenvalue weighted by atomic mass is 19.1. The first-order valence-electron chi connectivity index (χ1n) is 11.7. The summed E-state index contributed by atoms with van der Waals surface area (Å²) in [6.45, 7) is 11.9. The lowest BCUT2D eigenvalue weighted by molar-refractivity contribution is -0.125. The van der Waals surface area contributed by atoms with Crippen LogP contribution in [0.4, 0.5) is 4.39 Å². The summed E-state index contributed by atoms with van der Waals surface area (Å²) >= 11 is 0. The Morgan fingerprint density at radius 1 is 1.14 bits per heavy atom. The molecule has 162 valence electrons. The predicted molar refractivity (Wildman–Crippen MR) is 114 cm³/mol. The Labute approximate surface area is 172 Å². The number of halogens is 1. The van der Waals surface area contributed by atoms with E-state index >= 15 is 4.39 Å². The summed E-state index contributed by atoms with van der Waals surface area (Å²) < 4.78 is 15.2. The second kappa shape index (κ2) is 8.62. The van der Waals surface area contributed by atoms with Crippen LogP contribution in [0.2, 0.25) is 0 Å². The van der Waals surface area contributed by atoms with E-state index in [9.17, 15) is 4.79 Å². The number of amides is 1. The fourth-order valence-electron chi connectivity index (χ4n) is 5.95. The lowest BCUT2D eigenvalue weighted by Crippen LogP contribution is -2.49. The molecule has 1 heterocycles. The smallest absolute Gasteiger partial charge is 0.220 e. The summed E-state index contributed by atoms with van der Waals surface area (Å²) in [5.74, 6) is 1.69. The molecule has 1 aliphatic heterocycles. The minimum Gasteiger partial charge on any atom is -0.353 e. The molecule has 2 saturated carbocycles. The number of carbonyl (C=O) groups is 1. The first kappa shape index (κ1) is 22.1. The number of hydrogen-bond acceptors (Lipinski definition) is 2. The summed E-state index contributed by atoms with van der Waals surface area (Å²) in [6.07, 6.45) is 10.6. The van der Waals surface area contributed by atoms with Gasteiger partial charge in [-0.2, -0.15) is 0 Å². The van der Waals surface area contributed by atoms with Crippen molar-refractivity contribution < 1.29 is 9.18 Å². The van der Waals surface area contributed by atoms with E-state index in [1.54, 1.807) is 0 Å². The minimum atomic E-state index is -1.22. The van der Waals surface area contributed by atoms with Gasteiger partial charge in [0.25, 0.3) is 0 Å². The van der Waals surface area contributed by atoms with Crippen LogP contribution in [0.25, 0.3) is 0 Å². The second-order valence-electron chi connectivity index (χ2n) is 11.9. The number of nitrogens with one attached hydrogen (secondary N) is 1. The standard InChI is InChI=1S/C24H43FN2O/c1-22(2,3)8-11-27-12-9-24(25,10-13-27)18-26-21(28)17-23(4)15-19-6-5-7-20(14-19)16-23/h19-20H,5-18H2,1-4H3,(H,26,28). The fraction of sp³-hybridized carbons (Fsp3) is 0.958. The predicted octanol–water partition coefficient (Wildman–Crippen LogP) is 5.34. The van der Waals surface area contributed by atoms with Crippen LogP contribution in [0.5, 0.6) is 0 Å². The Morgan fingerprint density at radius 3 is 2.32 bits per heavy atom. The van der Waals surface area contributed by atoms with Gasteiger partial charge in [-0.25, -0.2) is 4.39 Å². The summed E-state index contributed by atoms with van der Waals surface area (Å²) in [7, 11) is 0. The van der Waals surface area contributed by atoms with Crippen molar-refractivity contribution in [3.05, 3.63) is 0 Å². The third kappa shape index (κ3) is 6.43. The van der Waals surface area contributed by atoms with E-state index in [1.165, 1.54) is 38.5 Å². The molecule has 0 spiro atoms. The van der Waals surface area contributed by atoms with Gasteiger partial charge in [-0.15, -0.1) is 0 Å². The Hall–Kier alpha value is -0.640. The quantitative estimate of drug-likeness (QED) is 0.659. The average Bonchev–Trinajstić information content (AvgIpc) is 2.58. The van der Waals surface area contributed by atoms with Crippen LogP contribution in [0, 0.1) is 22.7 Å². The summed E-state index contributed by atoms with van der Waals surface area (Å²) in [6, 6.07) is 0. The SMILES string of the molecule is CC(C)(C)CCN1CCC(F)(CNC(=O)CC2(C)CC3CCCC(C3)C2)CC1. The third-order valence-corrected chi connectivity index (χ3v) is 7.57. The second-order valence-corrected chi connectivity index (χ2v) is 11.9. The zero-order chi connectivity index (χ0) is 20.4. The van der Waals surface area contributed by atoms with Crippen LogP contribution in [0.15, 0.2) is 0 Å². The average molecular weight is 395 g/mol. The Kier molecular flexibility index (Phi) is 6.79. The summed E-state index contributed by atoms with van der Waals surface area (Å²) in [5.41, 5.74) is -0.776. The Balaban J connectivity index is 1.40. The molecule has 2 aliphatic carbocycles. The van der Waals surface area contributed by atoms with Crippen molar-refractivity contribution in [3.8, 4) is 0 Å². The van der Waals surface area contributed by atoms with Crippen molar-refractivity contribution in [3.63, 3.8) is 0 Å². The molecule has 3 fully saturated rings. The molecule has 0 aromatic heterocycles. The van der Waals surface area contributed by atoms with Gasteiger partial charge in [0.05, 0.1) is 6.54 Å². The zero-order valence-corrected chi connectivity index (χ0v) is 18.8. The van der Waals surface area contributed by atoms with Gasteiger partial charge in [0.2, 0.25) is 5.91 Å². The van der Waals surface area contributed by atoms with Crippen LogP contribution in [-0.4, -0.2) is 42.7 Å². The summed E-state index contributed by atoms with van der Waals surface area (Å²) in [5, 5.41) is 2.97. The van der Waals surface area contributed by atoms with Crippen molar-refractivity contribution >= 4 is 5.91 Å². The maximum absolute atomic E-state index is 15.2. The van der Waals surface area contributed by atoms with Gasteiger partial charge in [-0.05, 0) is 67.7 Å². The van der Waals surface area contributed by atoms with E-state index in [4.69, 9.17) is 0 Å². The molecular formula is C24H43FN2O. The van der Waals surface area contributed by atoms with Gasteiger partial charge < -0.3 is 10.2 Å². The van der Waals surface area contributed by atoms with Gasteiger partial charge in [0.15, 0.2) is 0 Å². The van der Waals surface area contributed by atoms with E-state index in [0.717, 1.165) is 37.9 Å². The molecule has 2 bridgehead atoms. The summed E-state index contributed by atoms with van der Waals surface area (Å²) in [4.78, 5) is 15.0. The van der Waals surface area contributed by atoms with E-state index < -0.39 is 5.67 Å².